The summed E-state index contributed by atoms with van der Waals surface area (Å²) < 4.78 is 0. The molecule has 0 amide bonds. The molecule has 0 aliphatic carbocycles. The monoisotopic (exact) mass is 280 g/mol. The predicted molar refractivity (Wildman–Crippen MR) is 71.2 cm³/mol. The number of rotatable bonds is 3. The normalized spacial score (nSPS) is 10.3. The second kappa shape index (κ2) is 5.29. The number of nitrogen functional groups attached to an aromatic ring is 1. The zero-order valence-electron chi connectivity index (χ0n) is 9.13. The maximum absolute atomic E-state index is 11.0. The van der Waals surface area contributed by atoms with Crippen LogP contribution in [0.25, 0.3) is 0 Å². The van der Waals surface area contributed by atoms with E-state index in [4.69, 9.17) is 22.4 Å². The van der Waals surface area contributed by atoms with Crippen LogP contribution in [-0.4, -0.2) is 16.1 Å². The zero-order chi connectivity index (χ0) is 13.1. The molecule has 18 heavy (non-hydrogen) atoms. The van der Waals surface area contributed by atoms with Crippen molar-refractivity contribution in [3.63, 3.8) is 0 Å². The van der Waals surface area contributed by atoms with Gasteiger partial charge in [0, 0.05) is 4.90 Å². The van der Waals surface area contributed by atoms with Crippen LogP contribution >= 0.6 is 23.4 Å². The van der Waals surface area contributed by atoms with E-state index < -0.39 is 5.97 Å². The van der Waals surface area contributed by atoms with Gasteiger partial charge in [0.15, 0.2) is 0 Å². The molecule has 0 atom stereocenters. The molecule has 0 saturated carbocycles. The van der Waals surface area contributed by atoms with Crippen molar-refractivity contribution in [1.82, 2.24) is 4.98 Å². The SMILES string of the molecule is Nc1cnc(Sc2ccccc2Cl)cc1C(=O)O. The average Bonchev–Trinajstić information content (AvgIpc) is 2.34. The maximum atomic E-state index is 11.0. The number of carboxylic acids is 1. The van der Waals surface area contributed by atoms with E-state index in [2.05, 4.69) is 4.98 Å². The van der Waals surface area contributed by atoms with Gasteiger partial charge in [-0.15, -0.1) is 0 Å². The quantitative estimate of drug-likeness (QED) is 0.903. The third-order valence-corrected chi connectivity index (χ3v) is 3.64. The summed E-state index contributed by atoms with van der Waals surface area (Å²) in [6.45, 7) is 0. The first-order valence-corrected chi connectivity index (χ1v) is 6.18. The molecule has 3 N–H and O–H groups in total. The van der Waals surface area contributed by atoms with Crippen LogP contribution in [0.5, 0.6) is 0 Å². The number of carbonyl (C=O) groups is 1. The molecule has 0 aliphatic rings. The molecule has 0 radical (unpaired) electrons. The van der Waals surface area contributed by atoms with Crippen LogP contribution in [0.15, 0.2) is 46.5 Å². The number of benzene rings is 1. The van der Waals surface area contributed by atoms with Crippen LogP contribution in [0.1, 0.15) is 10.4 Å². The highest BCUT2D eigenvalue weighted by Crippen LogP contribution is 2.32. The molecule has 0 bridgehead atoms. The van der Waals surface area contributed by atoms with Crippen molar-refractivity contribution in [3.8, 4) is 0 Å². The van der Waals surface area contributed by atoms with Gasteiger partial charge in [-0.05, 0) is 18.2 Å². The number of carboxylic acid groups (broad SMARTS) is 1. The van der Waals surface area contributed by atoms with Gasteiger partial charge in [0.25, 0.3) is 0 Å². The lowest BCUT2D eigenvalue weighted by Gasteiger charge is -2.05. The van der Waals surface area contributed by atoms with Gasteiger partial charge >= 0.3 is 5.97 Å². The van der Waals surface area contributed by atoms with Crippen LogP contribution in [0.3, 0.4) is 0 Å². The van der Waals surface area contributed by atoms with E-state index in [0.29, 0.717) is 10.0 Å². The molecule has 92 valence electrons. The summed E-state index contributed by atoms with van der Waals surface area (Å²) in [5.41, 5.74) is 5.72. The summed E-state index contributed by atoms with van der Waals surface area (Å²) in [5, 5.41) is 10.1. The van der Waals surface area contributed by atoms with Crippen molar-refractivity contribution in [1.29, 1.82) is 0 Å². The van der Waals surface area contributed by atoms with Crippen molar-refractivity contribution < 1.29 is 9.90 Å². The van der Waals surface area contributed by atoms with E-state index in [1.807, 2.05) is 18.2 Å². The topological polar surface area (TPSA) is 76.2 Å². The van der Waals surface area contributed by atoms with Gasteiger partial charge in [0.2, 0.25) is 0 Å². The smallest absolute Gasteiger partial charge is 0.337 e. The van der Waals surface area contributed by atoms with Crippen molar-refractivity contribution in [2.24, 2.45) is 0 Å². The van der Waals surface area contributed by atoms with Crippen LogP contribution in [0, 0.1) is 0 Å². The molecule has 4 nitrogen and oxygen atoms in total. The predicted octanol–water partition coefficient (Wildman–Crippen LogP) is 3.17. The largest absolute Gasteiger partial charge is 0.478 e. The van der Waals surface area contributed by atoms with Gasteiger partial charge in [0.05, 0.1) is 22.5 Å². The minimum atomic E-state index is -1.07. The molecular formula is C12H9ClN2O2S. The van der Waals surface area contributed by atoms with Crippen LogP contribution < -0.4 is 5.73 Å². The third-order valence-electron chi connectivity index (χ3n) is 2.19. The lowest BCUT2D eigenvalue weighted by atomic mass is 10.2. The zero-order valence-corrected chi connectivity index (χ0v) is 10.7. The van der Waals surface area contributed by atoms with E-state index in [0.717, 1.165) is 4.90 Å². The lowest BCUT2D eigenvalue weighted by molar-refractivity contribution is 0.0697. The summed E-state index contributed by atoms with van der Waals surface area (Å²) in [5.74, 6) is -1.07. The van der Waals surface area contributed by atoms with Crippen LogP contribution in [-0.2, 0) is 0 Å². The number of nitrogens with two attached hydrogens (primary N) is 1. The number of hydrogen-bond acceptors (Lipinski definition) is 4. The Hall–Kier alpha value is -1.72. The average molecular weight is 281 g/mol. The van der Waals surface area contributed by atoms with Gasteiger partial charge in [-0.25, -0.2) is 9.78 Å². The van der Waals surface area contributed by atoms with Crippen LogP contribution in [0.4, 0.5) is 5.69 Å². The second-order valence-corrected chi connectivity index (χ2v) is 4.92. The number of halogens is 1. The van der Waals surface area contributed by atoms with Crippen LogP contribution in [0.2, 0.25) is 5.02 Å². The number of aromatic carboxylic acids is 1. The standard InChI is InChI=1S/C12H9ClN2O2S/c13-8-3-1-2-4-10(8)18-11-5-7(12(16)17)9(14)6-15-11/h1-6H,14H2,(H,16,17). The van der Waals surface area contributed by atoms with E-state index in [1.54, 1.807) is 6.07 Å². The number of pyridine rings is 1. The number of anilines is 1. The molecule has 0 unspecified atom stereocenters. The van der Waals surface area contributed by atoms with Crippen molar-refractivity contribution in [3.05, 3.63) is 47.1 Å². The Morgan fingerprint density at radius 3 is 2.78 bits per heavy atom. The summed E-state index contributed by atoms with van der Waals surface area (Å²) in [6.07, 6.45) is 1.34. The molecule has 6 heteroatoms. The molecule has 0 aliphatic heterocycles. The highest BCUT2D eigenvalue weighted by Gasteiger charge is 2.11. The van der Waals surface area contributed by atoms with Gasteiger partial charge in [-0.1, -0.05) is 35.5 Å². The summed E-state index contributed by atoms with van der Waals surface area (Å²) in [4.78, 5) is 15.8. The summed E-state index contributed by atoms with van der Waals surface area (Å²) >= 11 is 7.31. The van der Waals surface area contributed by atoms with Crippen molar-refractivity contribution >= 4 is 35.0 Å². The maximum Gasteiger partial charge on any atom is 0.337 e. The minimum Gasteiger partial charge on any atom is -0.478 e. The van der Waals surface area contributed by atoms with E-state index in [-0.39, 0.29) is 11.3 Å². The Kier molecular flexibility index (Phi) is 3.74. The lowest BCUT2D eigenvalue weighted by Crippen LogP contribution is -2.03. The molecule has 0 spiro atoms. The number of aromatic nitrogens is 1. The molecule has 1 aromatic heterocycles. The molecule has 2 rings (SSSR count). The van der Waals surface area contributed by atoms with Gasteiger partial charge < -0.3 is 10.8 Å². The molecule has 0 saturated heterocycles. The summed E-state index contributed by atoms with van der Waals surface area (Å²) in [6, 6.07) is 8.71. The Balaban J connectivity index is 2.33. The highest BCUT2D eigenvalue weighted by atomic mass is 35.5. The summed E-state index contributed by atoms with van der Waals surface area (Å²) in [7, 11) is 0. The van der Waals surface area contributed by atoms with E-state index in [9.17, 15) is 4.79 Å². The fourth-order valence-electron chi connectivity index (χ4n) is 1.33. The number of nitrogens with zero attached hydrogens (tertiary/aromatic N) is 1. The molecule has 0 fully saturated rings. The van der Waals surface area contributed by atoms with Gasteiger partial charge in [0.1, 0.15) is 5.03 Å². The Morgan fingerprint density at radius 1 is 1.39 bits per heavy atom. The Morgan fingerprint density at radius 2 is 2.11 bits per heavy atom. The molecule has 2 aromatic rings. The Labute approximate surface area is 113 Å². The van der Waals surface area contributed by atoms with Gasteiger partial charge in [-0.2, -0.15) is 0 Å². The Bertz CT molecular complexity index is 604. The van der Waals surface area contributed by atoms with E-state index >= 15 is 0 Å². The first kappa shape index (κ1) is 12.7. The first-order valence-electron chi connectivity index (χ1n) is 4.99. The fourth-order valence-corrected chi connectivity index (χ4v) is 2.40. The molecular weight excluding hydrogens is 272 g/mol. The molecule has 1 heterocycles. The minimum absolute atomic E-state index is 0.0413. The van der Waals surface area contributed by atoms with E-state index in [1.165, 1.54) is 24.0 Å². The van der Waals surface area contributed by atoms with Crippen molar-refractivity contribution in [2.75, 3.05) is 5.73 Å². The second-order valence-electron chi connectivity index (χ2n) is 3.45. The first-order chi connectivity index (χ1) is 8.58. The van der Waals surface area contributed by atoms with Gasteiger partial charge in [-0.3, -0.25) is 0 Å². The number of hydrogen-bond donors (Lipinski definition) is 2. The van der Waals surface area contributed by atoms with Crippen molar-refractivity contribution in [2.45, 2.75) is 9.92 Å². The fraction of sp³-hybridized carbons (Fsp3) is 0. The third kappa shape index (κ3) is 2.75. The highest BCUT2D eigenvalue weighted by molar-refractivity contribution is 7.99. The molecule has 1 aromatic carbocycles.